The van der Waals surface area contributed by atoms with Gasteiger partial charge in [0.15, 0.2) is 0 Å². The number of aromatic nitrogens is 1. The number of benzene rings is 1. The molecular weight excluding hydrogens is 330 g/mol. The number of hydrogen-bond acceptors (Lipinski definition) is 4. The van der Waals surface area contributed by atoms with E-state index in [1.165, 1.54) is 17.3 Å². The van der Waals surface area contributed by atoms with Crippen LogP contribution in [0.2, 0.25) is 0 Å². The molecule has 0 spiro atoms. The second-order valence-electron chi connectivity index (χ2n) is 6.26. The van der Waals surface area contributed by atoms with Gasteiger partial charge >= 0.3 is 0 Å². The molecule has 25 heavy (non-hydrogen) atoms. The summed E-state index contributed by atoms with van der Waals surface area (Å²) in [5.41, 5.74) is 5.89. The molecule has 5 heteroatoms. The normalized spacial score (nSPS) is 12.8. The molecule has 0 unspecified atom stereocenters. The Balaban J connectivity index is 1.66. The quantitative estimate of drug-likeness (QED) is 0.783. The van der Waals surface area contributed by atoms with Crippen molar-refractivity contribution < 1.29 is 4.79 Å². The Labute approximate surface area is 152 Å². The van der Waals surface area contributed by atoms with Gasteiger partial charge in [-0.05, 0) is 49.9 Å². The smallest absolute Gasteiger partial charge is 0.227 e. The van der Waals surface area contributed by atoms with Gasteiger partial charge in [-0.3, -0.25) is 4.79 Å². The van der Waals surface area contributed by atoms with Crippen LogP contribution in [0.5, 0.6) is 0 Å². The van der Waals surface area contributed by atoms with Crippen LogP contribution >= 0.6 is 11.8 Å². The van der Waals surface area contributed by atoms with Crippen LogP contribution in [-0.4, -0.2) is 23.2 Å². The fraction of sp³-hybridized carbons (Fsp3) is 0.350. The molecule has 1 amide bonds. The molecule has 4 nitrogen and oxygen atoms in total. The van der Waals surface area contributed by atoms with Crippen LogP contribution in [0.3, 0.4) is 0 Å². The van der Waals surface area contributed by atoms with Gasteiger partial charge in [0.2, 0.25) is 5.91 Å². The summed E-state index contributed by atoms with van der Waals surface area (Å²) < 4.78 is 0. The monoisotopic (exact) mass is 351 g/mol. The molecule has 2 aromatic rings. The number of fused-ring (bicyclic) bond motifs is 1. The molecule has 0 saturated heterocycles. The van der Waals surface area contributed by atoms with Gasteiger partial charge in [0.1, 0.15) is 11.1 Å². The van der Waals surface area contributed by atoms with Crippen molar-refractivity contribution in [3.8, 4) is 6.07 Å². The van der Waals surface area contributed by atoms with E-state index < -0.39 is 0 Å². The van der Waals surface area contributed by atoms with Crippen molar-refractivity contribution in [1.82, 2.24) is 4.98 Å². The first kappa shape index (κ1) is 17.5. The molecule has 3 rings (SSSR count). The number of hydrogen-bond donors (Lipinski definition) is 0. The highest BCUT2D eigenvalue weighted by Gasteiger charge is 2.23. The summed E-state index contributed by atoms with van der Waals surface area (Å²) >= 11 is 1.50. The lowest BCUT2D eigenvalue weighted by atomic mass is 10.1. The first-order valence-electron chi connectivity index (χ1n) is 8.42. The number of rotatable bonds is 4. The topological polar surface area (TPSA) is 57.0 Å². The van der Waals surface area contributed by atoms with Crippen LogP contribution in [-0.2, 0) is 11.2 Å². The van der Waals surface area contributed by atoms with Crippen LogP contribution in [0.25, 0.3) is 0 Å². The molecule has 0 N–H and O–H groups in total. The van der Waals surface area contributed by atoms with Gasteiger partial charge in [-0.25, -0.2) is 4.98 Å². The second kappa shape index (κ2) is 7.28. The van der Waals surface area contributed by atoms with E-state index in [-0.39, 0.29) is 5.91 Å². The summed E-state index contributed by atoms with van der Waals surface area (Å²) in [5, 5.41) is 10.2. The first-order valence-corrected chi connectivity index (χ1v) is 9.40. The largest absolute Gasteiger partial charge is 0.312 e. The van der Waals surface area contributed by atoms with Crippen molar-refractivity contribution in [2.24, 2.45) is 0 Å². The van der Waals surface area contributed by atoms with Crippen molar-refractivity contribution in [3.63, 3.8) is 0 Å². The van der Waals surface area contributed by atoms with Crippen molar-refractivity contribution in [1.29, 1.82) is 5.26 Å². The van der Waals surface area contributed by atoms with Crippen LogP contribution in [0.1, 0.15) is 34.4 Å². The van der Waals surface area contributed by atoms with E-state index in [0.717, 1.165) is 40.5 Å². The number of anilines is 1. The predicted molar refractivity (Wildman–Crippen MR) is 101 cm³/mol. The lowest BCUT2D eigenvalue weighted by Crippen LogP contribution is -2.29. The lowest BCUT2D eigenvalue weighted by molar-refractivity contribution is -0.118. The minimum atomic E-state index is 0.136. The summed E-state index contributed by atoms with van der Waals surface area (Å²) in [6.07, 6.45) is 1.36. The molecule has 0 aliphatic carbocycles. The maximum atomic E-state index is 12.6. The van der Waals surface area contributed by atoms with E-state index in [4.69, 9.17) is 0 Å². The molecule has 1 aliphatic heterocycles. The van der Waals surface area contributed by atoms with Crippen LogP contribution in [0.15, 0.2) is 29.3 Å². The zero-order valence-corrected chi connectivity index (χ0v) is 15.6. The van der Waals surface area contributed by atoms with E-state index in [9.17, 15) is 10.1 Å². The van der Waals surface area contributed by atoms with E-state index in [1.807, 2.05) is 43.9 Å². The molecule has 0 saturated carbocycles. The standard InChI is InChI=1S/C20H21N3OS/c1-13-14(2)17(12-21)20(22-15(13)3)25-11-9-19(24)23-10-8-16-6-4-5-7-18(16)23/h4-7H,8-11H2,1-3H3. The van der Waals surface area contributed by atoms with Crippen molar-refractivity contribution in [2.45, 2.75) is 38.6 Å². The van der Waals surface area contributed by atoms with Crippen LogP contribution in [0, 0.1) is 32.1 Å². The Morgan fingerprint density at radius 1 is 1.28 bits per heavy atom. The van der Waals surface area contributed by atoms with E-state index >= 15 is 0 Å². The number of aryl methyl sites for hydroxylation is 1. The number of carbonyl (C=O) groups excluding carboxylic acids is 1. The van der Waals surface area contributed by atoms with Gasteiger partial charge < -0.3 is 4.90 Å². The van der Waals surface area contributed by atoms with Crippen LogP contribution in [0.4, 0.5) is 5.69 Å². The Morgan fingerprint density at radius 2 is 2.04 bits per heavy atom. The van der Waals surface area contributed by atoms with Crippen molar-refractivity contribution in [3.05, 3.63) is 52.2 Å². The number of nitriles is 1. The second-order valence-corrected chi connectivity index (χ2v) is 7.35. The molecule has 2 heterocycles. The third-order valence-corrected chi connectivity index (χ3v) is 5.80. The van der Waals surface area contributed by atoms with Gasteiger partial charge in [0, 0.05) is 30.1 Å². The summed E-state index contributed by atoms with van der Waals surface area (Å²) in [6, 6.07) is 10.3. The number of carbonyl (C=O) groups is 1. The van der Waals surface area contributed by atoms with Gasteiger partial charge in [0.05, 0.1) is 5.56 Å². The molecule has 1 aliphatic rings. The summed E-state index contributed by atoms with van der Waals surface area (Å²) in [6.45, 7) is 6.66. The van der Waals surface area contributed by atoms with E-state index in [1.54, 1.807) is 0 Å². The minimum absolute atomic E-state index is 0.136. The average molecular weight is 351 g/mol. The highest BCUT2D eigenvalue weighted by molar-refractivity contribution is 7.99. The number of thioether (sulfide) groups is 1. The minimum Gasteiger partial charge on any atom is -0.312 e. The lowest BCUT2D eigenvalue weighted by Gasteiger charge is -2.17. The zero-order chi connectivity index (χ0) is 18.0. The zero-order valence-electron chi connectivity index (χ0n) is 14.8. The Morgan fingerprint density at radius 3 is 2.80 bits per heavy atom. The third kappa shape index (κ3) is 3.40. The molecule has 0 bridgehead atoms. The number of amides is 1. The van der Waals surface area contributed by atoms with E-state index in [2.05, 4.69) is 17.1 Å². The predicted octanol–water partition coefficient (Wildman–Crippen LogP) is 3.95. The number of para-hydroxylation sites is 1. The maximum Gasteiger partial charge on any atom is 0.227 e. The fourth-order valence-corrected chi connectivity index (χ4v) is 4.13. The third-order valence-electron chi connectivity index (χ3n) is 4.82. The van der Waals surface area contributed by atoms with E-state index in [0.29, 0.717) is 17.7 Å². The van der Waals surface area contributed by atoms with Gasteiger partial charge in [-0.2, -0.15) is 5.26 Å². The number of nitrogens with zero attached hydrogens (tertiary/aromatic N) is 3. The molecular formula is C20H21N3OS. The number of pyridine rings is 1. The molecule has 0 fully saturated rings. The van der Waals surface area contributed by atoms with Crippen molar-refractivity contribution >= 4 is 23.4 Å². The summed E-state index contributed by atoms with van der Waals surface area (Å²) in [7, 11) is 0. The summed E-state index contributed by atoms with van der Waals surface area (Å²) in [5.74, 6) is 0.762. The highest BCUT2D eigenvalue weighted by atomic mass is 32.2. The Bertz CT molecular complexity index is 870. The molecule has 0 atom stereocenters. The highest BCUT2D eigenvalue weighted by Crippen LogP contribution is 2.30. The average Bonchev–Trinajstić information content (AvgIpc) is 3.04. The maximum absolute atomic E-state index is 12.6. The fourth-order valence-electron chi connectivity index (χ4n) is 3.11. The van der Waals surface area contributed by atoms with Gasteiger partial charge in [-0.15, -0.1) is 11.8 Å². The van der Waals surface area contributed by atoms with Crippen molar-refractivity contribution in [2.75, 3.05) is 17.2 Å². The SMILES string of the molecule is Cc1nc(SCCC(=O)N2CCc3ccccc32)c(C#N)c(C)c1C. The molecule has 128 valence electrons. The van der Waals surface area contributed by atoms with Gasteiger partial charge in [-0.1, -0.05) is 18.2 Å². The molecule has 1 aromatic carbocycles. The Hall–Kier alpha value is -2.32. The molecule has 0 radical (unpaired) electrons. The Kier molecular flexibility index (Phi) is 5.10. The summed E-state index contributed by atoms with van der Waals surface area (Å²) in [4.78, 5) is 19.0. The van der Waals surface area contributed by atoms with Crippen LogP contribution < -0.4 is 4.90 Å². The van der Waals surface area contributed by atoms with Gasteiger partial charge in [0.25, 0.3) is 0 Å². The molecule has 1 aromatic heterocycles. The first-order chi connectivity index (χ1) is 12.0.